The van der Waals surface area contributed by atoms with Gasteiger partial charge in [0, 0.05) is 6.07 Å². The summed E-state index contributed by atoms with van der Waals surface area (Å²) in [6.07, 6.45) is 0. The van der Waals surface area contributed by atoms with Gasteiger partial charge in [0.25, 0.3) is 0 Å². The lowest BCUT2D eigenvalue weighted by Crippen LogP contribution is -1.99. The molecule has 2 aromatic rings. The molecular weight excluding hydrogens is 164 g/mol. The van der Waals surface area contributed by atoms with Crippen LogP contribution in [0.3, 0.4) is 0 Å². The van der Waals surface area contributed by atoms with Crippen molar-refractivity contribution in [3.63, 3.8) is 0 Å². The molecule has 0 fully saturated rings. The summed E-state index contributed by atoms with van der Waals surface area (Å²) >= 11 is 0. The highest BCUT2D eigenvalue weighted by molar-refractivity contribution is 5.36. The lowest BCUT2D eigenvalue weighted by atomic mass is 10.5. The number of hydrogen-bond donors (Lipinski definition) is 0. The molecule has 0 aliphatic rings. The third-order valence-corrected chi connectivity index (χ3v) is 1.24. The smallest absolute Gasteiger partial charge is 0.358 e. The highest BCUT2D eigenvalue weighted by Gasteiger charge is 2.10. The van der Waals surface area contributed by atoms with Crippen molar-refractivity contribution in [2.45, 2.75) is 0 Å². The summed E-state index contributed by atoms with van der Waals surface area (Å²) in [4.78, 5) is 9.62. The molecule has 0 aromatic carbocycles. The van der Waals surface area contributed by atoms with Crippen molar-refractivity contribution in [2.75, 3.05) is 0 Å². The Morgan fingerprint density at radius 3 is 3.08 bits per heavy atom. The monoisotopic (exact) mass is 166 g/mol. The van der Waals surface area contributed by atoms with E-state index in [0.717, 1.165) is 4.63 Å². The van der Waals surface area contributed by atoms with Crippen LogP contribution in [-0.2, 0) is 0 Å². The number of tetrazole rings is 1. The second kappa shape index (κ2) is 2.19. The second-order valence-electron chi connectivity index (χ2n) is 1.98. The maximum atomic E-state index is 10.2. The van der Waals surface area contributed by atoms with E-state index in [9.17, 15) is 10.1 Å². The molecule has 2 heterocycles. The van der Waals surface area contributed by atoms with E-state index in [1.54, 1.807) is 0 Å². The molecule has 2 rings (SSSR count). The van der Waals surface area contributed by atoms with Crippen LogP contribution in [0.5, 0.6) is 0 Å². The molecule has 0 amide bonds. The molecule has 0 N–H and O–H groups in total. The molecule has 12 heavy (non-hydrogen) atoms. The van der Waals surface area contributed by atoms with Gasteiger partial charge in [0.05, 0.1) is 5.10 Å². The lowest BCUT2D eigenvalue weighted by Gasteiger charge is -1.88. The van der Waals surface area contributed by atoms with Crippen molar-refractivity contribution in [1.29, 1.82) is 0 Å². The quantitative estimate of drug-likeness (QED) is 0.415. The first-order valence-corrected chi connectivity index (χ1v) is 2.97. The first-order chi connectivity index (χ1) is 5.77. The third kappa shape index (κ3) is 0.856. The molecule has 8 nitrogen and oxygen atoms in total. The molecule has 2 aromatic heterocycles. The molecule has 8 heteroatoms. The minimum atomic E-state index is -0.610. The van der Waals surface area contributed by atoms with Crippen LogP contribution in [0.1, 0.15) is 0 Å². The molecule has 0 unspecified atom stereocenters. The van der Waals surface area contributed by atoms with E-state index in [1.165, 1.54) is 12.1 Å². The van der Waals surface area contributed by atoms with E-state index >= 15 is 0 Å². The largest absolute Gasteiger partial charge is 0.390 e. The molecule has 0 saturated carbocycles. The fourth-order valence-electron chi connectivity index (χ4n) is 0.738. The van der Waals surface area contributed by atoms with Gasteiger partial charge in [-0.25, -0.2) is 0 Å². The van der Waals surface area contributed by atoms with Gasteiger partial charge in [0.2, 0.25) is 5.65 Å². The topological polar surface area (TPSA) is 99.1 Å². The summed E-state index contributed by atoms with van der Waals surface area (Å²) in [7, 11) is 0. The van der Waals surface area contributed by atoms with Crippen molar-refractivity contribution in [2.24, 2.45) is 0 Å². The van der Waals surface area contributed by atoms with Crippen LogP contribution in [0.2, 0.25) is 0 Å². The Kier molecular flexibility index (Phi) is 1.20. The number of hydrogen-bond acceptors (Lipinski definition) is 6. The predicted octanol–water partition coefficient (Wildman–Crippen LogP) is -0.573. The number of nitrogens with zero attached hydrogens (tertiary/aromatic N) is 6. The van der Waals surface area contributed by atoms with Gasteiger partial charge in [0.1, 0.15) is 0 Å². The molecule has 0 aliphatic carbocycles. The Bertz CT molecular complexity index is 436. The zero-order valence-corrected chi connectivity index (χ0v) is 5.65. The summed E-state index contributed by atoms with van der Waals surface area (Å²) in [5.41, 5.74) is 0.376. The maximum Gasteiger partial charge on any atom is 0.390 e. The van der Waals surface area contributed by atoms with Crippen LogP contribution in [0.25, 0.3) is 5.65 Å². The first-order valence-electron chi connectivity index (χ1n) is 2.97. The molecule has 0 bridgehead atoms. The highest BCUT2D eigenvalue weighted by atomic mass is 16.6. The van der Waals surface area contributed by atoms with Gasteiger partial charge in [-0.05, 0) is 26.0 Å². The summed E-state index contributed by atoms with van der Waals surface area (Å²) in [5, 5.41) is 24.0. The first kappa shape index (κ1) is 6.58. The fraction of sp³-hybridized carbons (Fsp3) is 0. The summed E-state index contributed by atoms with van der Waals surface area (Å²) in [5.74, 6) is -0.283. The molecule has 0 aliphatic heterocycles. The van der Waals surface area contributed by atoms with E-state index in [4.69, 9.17) is 0 Å². The van der Waals surface area contributed by atoms with Gasteiger partial charge in [-0.3, -0.25) is 0 Å². The van der Waals surface area contributed by atoms with Crippen molar-refractivity contribution in [3.8, 4) is 0 Å². The normalized spacial score (nSPS) is 10.3. The average molecular weight is 166 g/mol. The summed E-state index contributed by atoms with van der Waals surface area (Å²) in [6, 6.07) is 2.66. The number of nitro groups is 1. The Morgan fingerprint density at radius 2 is 2.33 bits per heavy atom. The summed E-state index contributed by atoms with van der Waals surface area (Å²) < 4.78 is 0.998. The van der Waals surface area contributed by atoms with Crippen LogP contribution in [0, 0.1) is 10.1 Å². The number of rotatable bonds is 1. The lowest BCUT2D eigenvalue weighted by molar-refractivity contribution is -0.390. The van der Waals surface area contributed by atoms with E-state index in [0.29, 0.717) is 5.65 Å². The van der Waals surface area contributed by atoms with Crippen LogP contribution in [0.4, 0.5) is 5.82 Å². The number of fused-ring (bicyclic) bond motifs is 1. The van der Waals surface area contributed by atoms with Gasteiger partial charge in [-0.15, -0.1) is 5.10 Å². The van der Waals surface area contributed by atoms with E-state index < -0.39 is 4.92 Å². The molecular formula is C4H2N6O2. The molecule has 0 atom stereocenters. The third-order valence-electron chi connectivity index (χ3n) is 1.24. The zero-order valence-electron chi connectivity index (χ0n) is 5.65. The van der Waals surface area contributed by atoms with Crippen LogP contribution < -0.4 is 0 Å². The van der Waals surface area contributed by atoms with Crippen molar-refractivity contribution >= 4 is 11.5 Å². The fourth-order valence-corrected chi connectivity index (χ4v) is 0.738. The Labute approximate surface area is 65.0 Å². The standard InChI is InChI=1S/C4H2N6O2/c11-10(12)4-2-1-3-5-7-8-9(3)6-4/h1-2H. The van der Waals surface area contributed by atoms with E-state index in [-0.39, 0.29) is 5.82 Å². The van der Waals surface area contributed by atoms with E-state index in [2.05, 4.69) is 20.6 Å². The van der Waals surface area contributed by atoms with Crippen LogP contribution in [0.15, 0.2) is 12.1 Å². The molecule has 0 spiro atoms. The Balaban J connectivity index is 2.68. The van der Waals surface area contributed by atoms with Gasteiger partial charge in [-0.2, -0.15) is 0 Å². The second-order valence-corrected chi connectivity index (χ2v) is 1.98. The molecule has 0 radical (unpaired) electrons. The maximum absolute atomic E-state index is 10.2. The van der Waals surface area contributed by atoms with Crippen LogP contribution >= 0.6 is 0 Å². The summed E-state index contributed by atoms with van der Waals surface area (Å²) in [6.45, 7) is 0. The minimum Gasteiger partial charge on any atom is -0.358 e. The predicted molar refractivity (Wildman–Crippen MR) is 35.2 cm³/mol. The molecule has 60 valence electrons. The van der Waals surface area contributed by atoms with Crippen LogP contribution in [-0.4, -0.2) is 30.2 Å². The Hall–Kier alpha value is -2.12. The average Bonchev–Trinajstić information content (AvgIpc) is 2.49. The Morgan fingerprint density at radius 1 is 1.50 bits per heavy atom. The minimum absolute atomic E-state index is 0.283. The van der Waals surface area contributed by atoms with Gasteiger partial charge in [-0.1, -0.05) is 0 Å². The van der Waals surface area contributed by atoms with Crippen molar-refractivity contribution in [1.82, 2.24) is 25.3 Å². The van der Waals surface area contributed by atoms with Crippen molar-refractivity contribution in [3.05, 3.63) is 22.2 Å². The van der Waals surface area contributed by atoms with Crippen molar-refractivity contribution < 1.29 is 4.92 Å². The van der Waals surface area contributed by atoms with Gasteiger partial charge >= 0.3 is 5.82 Å². The number of aromatic nitrogens is 5. The highest BCUT2D eigenvalue weighted by Crippen LogP contribution is 2.04. The molecule has 0 saturated heterocycles. The van der Waals surface area contributed by atoms with E-state index in [1.807, 2.05) is 0 Å². The zero-order chi connectivity index (χ0) is 8.55. The SMILES string of the molecule is O=[N+]([O-])c1ccc2nnnn2n1. The van der Waals surface area contributed by atoms with Gasteiger partial charge in [0.15, 0.2) is 0 Å². The van der Waals surface area contributed by atoms with Gasteiger partial charge < -0.3 is 10.1 Å².